The average molecular weight is 269 g/mol. The summed E-state index contributed by atoms with van der Waals surface area (Å²) in [6.07, 6.45) is 2.08. The van der Waals surface area contributed by atoms with Crippen molar-refractivity contribution in [3.63, 3.8) is 0 Å². The number of benzene rings is 2. The van der Waals surface area contributed by atoms with Gasteiger partial charge in [0.2, 0.25) is 5.78 Å². The van der Waals surface area contributed by atoms with Gasteiger partial charge in [-0.1, -0.05) is 36.4 Å². The summed E-state index contributed by atoms with van der Waals surface area (Å²) in [6.45, 7) is 0. The molecular weight excluding hydrogens is 254 g/mol. The Labute approximate surface area is 116 Å². The number of hydrogen-bond donors (Lipinski definition) is 0. The highest BCUT2D eigenvalue weighted by molar-refractivity contribution is 5.91. The van der Waals surface area contributed by atoms with Crippen molar-refractivity contribution in [2.45, 2.75) is 31.2 Å². The van der Waals surface area contributed by atoms with Crippen molar-refractivity contribution in [3.05, 3.63) is 58.1 Å². The molecule has 1 aliphatic rings. The van der Waals surface area contributed by atoms with Gasteiger partial charge in [-0.15, -0.1) is 0 Å². The Morgan fingerprint density at radius 1 is 1.05 bits per heavy atom. The fraction of sp³-hybridized carbons (Fsp3) is 0.312. The molecule has 1 saturated carbocycles. The van der Waals surface area contributed by atoms with Gasteiger partial charge in [0.25, 0.3) is 0 Å². The minimum atomic E-state index is -1.54. The molecule has 0 bridgehead atoms. The molecule has 1 atom stereocenters. The van der Waals surface area contributed by atoms with E-state index in [0.717, 1.165) is 23.6 Å². The molecule has 4 heteroatoms. The van der Waals surface area contributed by atoms with Crippen LogP contribution in [0.15, 0.2) is 42.5 Å². The second-order valence-electron chi connectivity index (χ2n) is 5.31. The topological polar surface area (TPSA) is 60.2 Å². The Bertz CT molecular complexity index is 695. The van der Waals surface area contributed by atoms with Crippen molar-refractivity contribution < 1.29 is 9.72 Å². The molecule has 0 aliphatic heterocycles. The molecule has 0 heterocycles. The molecule has 0 spiro atoms. The minimum Gasteiger partial charge on any atom is -0.291 e. The second-order valence-corrected chi connectivity index (χ2v) is 5.31. The van der Waals surface area contributed by atoms with E-state index in [9.17, 15) is 14.9 Å². The molecule has 20 heavy (non-hydrogen) atoms. The van der Waals surface area contributed by atoms with Crippen LogP contribution in [0.5, 0.6) is 0 Å². The quantitative estimate of drug-likeness (QED) is 0.619. The monoisotopic (exact) mass is 269 g/mol. The van der Waals surface area contributed by atoms with Gasteiger partial charge in [0.05, 0.1) is 0 Å². The number of Topliss-reactive ketones (excluding diaryl/α,β-unsaturated/α-hetero) is 1. The van der Waals surface area contributed by atoms with Crippen LogP contribution in [0, 0.1) is 10.1 Å². The van der Waals surface area contributed by atoms with Gasteiger partial charge in [0, 0.05) is 23.3 Å². The SMILES string of the molecule is O=C1CCCCC1(c1ccc2ccccc2c1)[N+](=O)[O-]. The lowest BCUT2D eigenvalue weighted by Crippen LogP contribution is -2.45. The number of carbonyl (C=O) groups is 1. The van der Waals surface area contributed by atoms with E-state index < -0.39 is 10.5 Å². The molecule has 4 nitrogen and oxygen atoms in total. The lowest BCUT2D eigenvalue weighted by atomic mass is 9.75. The first kappa shape index (κ1) is 12.8. The molecule has 2 aromatic carbocycles. The van der Waals surface area contributed by atoms with Gasteiger partial charge in [0.1, 0.15) is 0 Å². The number of carbonyl (C=O) groups excluding carboxylic acids is 1. The maximum atomic E-state index is 12.3. The van der Waals surface area contributed by atoms with Crippen LogP contribution in [0.3, 0.4) is 0 Å². The van der Waals surface area contributed by atoms with Crippen LogP contribution in [-0.2, 0) is 10.3 Å². The number of hydrogen-bond acceptors (Lipinski definition) is 3. The smallest absolute Gasteiger partial charge is 0.291 e. The number of ketones is 1. The van der Waals surface area contributed by atoms with Crippen molar-refractivity contribution in [3.8, 4) is 0 Å². The Morgan fingerprint density at radius 3 is 2.50 bits per heavy atom. The Morgan fingerprint density at radius 2 is 1.80 bits per heavy atom. The first-order chi connectivity index (χ1) is 9.64. The molecule has 102 valence electrons. The van der Waals surface area contributed by atoms with Gasteiger partial charge >= 0.3 is 5.54 Å². The molecule has 0 N–H and O–H groups in total. The van der Waals surface area contributed by atoms with E-state index in [1.807, 2.05) is 30.3 Å². The number of nitrogens with zero attached hydrogens (tertiary/aromatic N) is 1. The summed E-state index contributed by atoms with van der Waals surface area (Å²) in [5, 5.41) is 13.6. The fourth-order valence-electron chi connectivity index (χ4n) is 3.06. The molecule has 1 aliphatic carbocycles. The summed E-state index contributed by atoms with van der Waals surface area (Å²) < 4.78 is 0. The predicted molar refractivity (Wildman–Crippen MR) is 76.1 cm³/mol. The van der Waals surface area contributed by atoms with Crippen LogP contribution < -0.4 is 0 Å². The van der Waals surface area contributed by atoms with Crippen molar-refractivity contribution in [2.24, 2.45) is 0 Å². The van der Waals surface area contributed by atoms with Crippen LogP contribution in [0.2, 0.25) is 0 Å². The summed E-state index contributed by atoms with van der Waals surface area (Å²) in [5.74, 6) is -0.260. The van der Waals surface area contributed by atoms with Crippen LogP contribution >= 0.6 is 0 Å². The molecule has 0 amide bonds. The van der Waals surface area contributed by atoms with Gasteiger partial charge in [-0.05, 0) is 29.7 Å². The van der Waals surface area contributed by atoms with Gasteiger partial charge in [-0.3, -0.25) is 14.9 Å². The third kappa shape index (κ3) is 1.80. The third-order valence-corrected chi connectivity index (χ3v) is 4.19. The highest BCUT2D eigenvalue weighted by Gasteiger charge is 2.52. The minimum absolute atomic E-state index is 0.260. The highest BCUT2D eigenvalue weighted by Crippen LogP contribution is 2.38. The van der Waals surface area contributed by atoms with Crippen LogP contribution in [-0.4, -0.2) is 10.7 Å². The van der Waals surface area contributed by atoms with E-state index in [2.05, 4.69) is 0 Å². The Kier molecular flexibility index (Phi) is 3.01. The summed E-state index contributed by atoms with van der Waals surface area (Å²) in [4.78, 5) is 23.5. The standard InChI is InChI=1S/C16H15NO3/c18-15-7-3-4-10-16(15,17(19)20)14-9-8-12-5-1-2-6-13(12)11-14/h1-2,5-6,8-9,11H,3-4,7,10H2. The van der Waals surface area contributed by atoms with Gasteiger partial charge in [-0.25, -0.2) is 0 Å². The molecule has 0 radical (unpaired) electrons. The van der Waals surface area contributed by atoms with E-state index in [4.69, 9.17) is 0 Å². The fourth-order valence-corrected chi connectivity index (χ4v) is 3.06. The first-order valence-corrected chi connectivity index (χ1v) is 6.82. The number of fused-ring (bicyclic) bond motifs is 1. The third-order valence-electron chi connectivity index (χ3n) is 4.19. The van der Waals surface area contributed by atoms with Crippen molar-refractivity contribution >= 4 is 16.6 Å². The summed E-state index contributed by atoms with van der Waals surface area (Å²) >= 11 is 0. The molecule has 1 unspecified atom stereocenters. The molecular formula is C16H15NO3. The zero-order chi connectivity index (χ0) is 14.2. The zero-order valence-corrected chi connectivity index (χ0v) is 11.0. The maximum Gasteiger partial charge on any atom is 0.304 e. The molecule has 0 aromatic heterocycles. The van der Waals surface area contributed by atoms with E-state index in [1.54, 1.807) is 12.1 Å². The van der Waals surface area contributed by atoms with Crippen LogP contribution in [0.25, 0.3) is 10.8 Å². The molecule has 3 rings (SSSR count). The van der Waals surface area contributed by atoms with Crippen LogP contribution in [0.4, 0.5) is 0 Å². The Balaban J connectivity index is 2.19. The van der Waals surface area contributed by atoms with E-state index >= 15 is 0 Å². The maximum absolute atomic E-state index is 12.3. The zero-order valence-electron chi connectivity index (χ0n) is 11.0. The van der Waals surface area contributed by atoms with Crippen molar-refractivity contribution in [1.29, 1.82) is 0 Å². The Hall–Kier alpha value is -2.23. The highest BCUT2D eigenvalue weighted by atomic mass is 16.6. The lowest BCUT2D eigenvalue weighted by Gasteiger charge is -2.28. The van der Waals surface area contributed by atoms with Gasteiger partial charge < -0.3 is 0 Å². The predicted octanol–water partition coefficient (Wildman–Crippen LogP) is 3.45. The first-order valence-electron chi connectivity index (χ1n) is 6.82. The van der Waals surface area contributed by atoms with Crippen molar-refractivity contribution in [2.75, 3.05) is 0 Å². The van der Waals surface area contributed by atoms with Crippen molar-refractivity contribution in [1.82, 2.24) is 0 Å². The summed E-state index contributed by atoms with van der Waals surface area (Å²) in [5.41, 5.74) is -1.02. The summed E-state index contributed by atoms with van der Waals surface area (Å²) in [6, 6.07) is 13.1. The molecule has 1 fully saturated rings. The average Bonchev–Trinajstić information content (AvgIpc) is 2.47. The van der Waals surface area contributed by atoms with E-state index in [0.29, 0.717) is 18.4 Å². The normalized spacial score (nSPS) is 22.9. The lowest BCUT2D eigenvalue weighted by molar-refractivity contribution is -0.563. The largest absolute Gasteiger partial charge is 0.304 e. The summed E-state index contributed by atoms with van der Waals surface area (Å²) in [7, 11) is 0. The van der Waals surface area contributed by atoms with Gasteiger partial charge in [0.15, 0.2) is 0 Å². The number of nitro groups is 1. The number of rotatable bonds is 2. The second kappa shape index (κ2) is 4.71. The van der Waals surface area contributed by atoms with E-state index in [-0.39, 0.29) is 5.78 Å². The van der Waals surface area contributed by atoms with Crippen LogP contribution in [0.1, 0.15) is 31.2 Å². The van der Waals surface area contributed by atoms with E-state index in [1.165, 1.54) is 0 Å². The molecule has 0 saturated heterocycles. The molecule has 2 aromatic rings. The van der Waals surface area contributed by atoms with Gasteiger partial charge in [-0.2, -0.15) is 0 Å².